The third kappa shape index (κ3) is 8.95. The second-order valence-electron chi connectivity index (χ2n) is 6.02. The fourth-order valence-electron chi connectivity index (χ4n) is 2.45. The number of anilines is 1. The van der Waals surface area contributed by atoms with Crippen LogP contribution in [0.5, 0.6) is 5.75 Å². The normalized spacial score (nSPS) is 10.5. The van der Waals surface area contributed by atoms with E-state index in [1.54, 1.807) is 19.2 Å². The van der Waals surface area contributed by atoms with Crippen LogP contribution in [0.15, 0.2) is 60.1 Å². The Kier molecular flexibility index (Phi) is 11.4. The number of pyridine rings is 1. The lowest BCUT2D eigenvalue weighted by Gasteiger charge is -2.14. The van der Waals surface area contributed by atoms with Crippen LogP contribution in [0.1, 0.15) is 17.7 Å². The summed E-state index contributed by atoms with van der Waals surface area (Å²) < 4.78 is 5.65. The molecule has 1 amide bonds. The maximum atomic E-state index is 12.0. The van der Waals surface area contributed by atoms with Crippen molar-refractivity contribution in [2.75, 3.05) is 25.5 Å². The molecule has 1 aromatic carbocycles. The number of hydrogen-bond donors (Lipinski definition) is 3. The van der Waals surface area contributed by atoms with Gasteiger partial charge < -0.3 is 20.7 Å². The van der Waals surface area contributed by atoms with Crippen molar-refractivity contribution in [3.63, 3.8) is 0 Å². The van der Waals surface area contributed by atoms with Gasteiger partial charge in [-0.05, 0) is 25.1 Å². The summed E-state index contributed by atoms with van der Waals surface area (Å²) in [4.78, 5) is 20.5. The molecule has 0 aliphatic rings. The summed E-state index contributed by atoms with van der Waals surface area (Å²) in [6, 6.07) is 13.3. The molecule has 0 saturated heterocycles. The third-order valence-electron chi connectivity index (χ3n) is 3.80. The lowest BCUT2D eigenvalue weighted by molar-refractivity contribution is -0.116. The molecule has 0 aliphatic carbocycles. The van der Waals surface area contributed by atoms with Gasteiger partial charge in [-0.3, -0.25) is 9.79 Å². The van der Waals surface area contributed by atoms with Gasteiger partial charge >= 0.3 is 0 Å². The van der Waals surface area contributed by atoms with Crippen LogP contribution in [-0.2, 0) is 11.3 Å². The first-order valence-electron chi connectivity index (χ1n) is 9.12. The molecule has 0 saturated carbocycles. The van der Waals surface area contributed by atoms with Crippen LogP contribution in [0.4, 0.5) is 5.82 Å². The van der Waals surface area contributed by atoms with Crippen LogP contribution in [0, 0.1) is 6.92 Å². The first-order valence-corrected chi connectivity index (χ1v) is 9.12. The number of aromatic nitrogens is 1. The van der Waals surface area contributed by atoms with Crippen molar-refractivity contribution < 1.29 is 9.53 Å². The van der Waals surface area contributed by atoms with E-state index in [1.807, 2.05) is 43.3 Å². The number of benzene rings is 1. The molecule has 1 aromatic heterocycles. The Hall–Kier alpha value is -2.62. The minimum atomic E-state index is -0.107. The molecular weight excluding hydrogens is 481 g/mol. The number of aliphatic imine (C=N–C) groups is 1. The summed E-state index contributed by atoms with van der Waals surface area (Å²) in [5, 5.41) is 9.14. The molecule has 2 aromatic rings. The van der Waals surface area contributed by atoms with Gasteiger partial charge in [0, 0.05) is 37.8 Å². The lowest BCUT2D eigenvalue weighted by atomic mass is 10.2. The Morgan fingerprint density at radius 1 is 1.21 bits per heavy atom. The number of rotatable bonds is 9. The molecule has 7 nitrogen and oxygen atoms in total. The number of guanidine groups is 1. The van der Waals surface area contributed by atoms with Gasteiger partial charge in [0.2, 0.25) is 5.91 Å². The highest BCUT2D eigenvalue weighted by atomic mass is 127. The Morgan fingerprint density at radius 3 is 2.72 bits per heavy atom. The van der Waals surface area contributed by atoms with Crippen LogP contribution in [0.3, 0.4) is 0 Å². The second-order valence-corrected chi connectivity index (χ2v) is 6.02. The number of ether oxygens (including phenoxy) is 1. The third-order valence-corrected chi connectivity index (χ3v) is 3.80. The molecule has 0 fully saturated rings. The zero-order valence-electron chi connectivity index (χ0n) is 16.8. The maximum Gasteiger partial charge on any atom is 0.227 e. The van der Waals surface area contributed by atoms with E-state index >= 15 is 0 Å². The highest BCUT2D eigenvalue weighted by molar-refractivity contribution is 14.0. The number of halogens is 1. The lowest BCUT2D eigenvalue weighted by Crippen LogP contribution is -2.38. The first kappa shape index (κ1) is 24.4. The van der Waals surface area contributed by atoms with E-state index in [0.29, 0.717) is 37.9 Å². The van der Waals surface area contributed by atoms with Crippen molar-refractivity contribution in [3.8, 4) is 5.75 Å². The molecule has 3 N–H and O–H groups in total. The predicted octanol–water partition coefficient (Wildman–Crippen LogP) is 3.27. The van der Waals surface area contributed by atoms with E-state index in [2.05, 4.69) is 32.5 Å². The average Bonchev–Trinajstić information content (AvgIpc) is 2.69. The number of hydrogen-bond acceptors (Lipinski definition) is 4. The summed E-state index contributed by atoms with van der Waals surface area (Å²) >= 11 is 0. The fraction of sp³-hybridized carbons (Fsp3) is 0.286. The maximum absolute atomic E-state index is 12.0. The number of nitrogens with zero attached hydrogens (tertiary/aromatic N) is 2. The molecule has 29 heavy (non-hydrogen) atoms. The fourth-order valence-corrected chi connectivity index (χ4v) is 2.45. The van der Waals surface area contributed by atoms with Gasteiger partial charge in [0.15, 0.2) is 5.96 Å². The van der Waals surface area contributed by atoms with E-state index in [0.717, 1.165) is 17.0 Å². The summed E-state index contributed by atoms with van der Waals surface area (Å²) in [6.07, 6.45) is 2.01. The minimum Gasteiger partial charge on any atom is -0.489 e. The van der Waals surface area contributed by atoms with E-state index in [1.165, 1.54) is 0 Å². The molecule has 0 atom stereocenters. The number of aryl methyl sites for hydroxylation is 1. The number of carbonyl (C=O) groups excluding carboxylic acids is 1. The van der Waals surface area contributed by atoms with Gasteiger partial charge in [-0.2, -0.15) is 0 Å². The minimum absolute atomic E-state index is 0. The zero-order valence-corrected chi connectivity index (χ0v) is 19.1. The van der Waals surface area contributed by atoms with Crippen molar-refractivity contribution in [1.82, 2.24) is 15.6 Å². The number of nitrogens with one attached hydrogen (secondary N) is 3. The summed E-state index contributed by atoms with van der Waals surface area (Å²) in [7, 11) is 1.69. The second kappa shape index (κ2) is 13.5. The van der Waals surface area contributed by atoms with Crippen LogP contribution in [0.25, 0.3) is 0 Å². The molecule has 0 spiro atoms. The van der Waals surface area contributed by atoms with Crippen LogP contribution < -0.4 is 20.7 Å². The Labute approximate surface area is 189 Å². The monoisotopic (exact) mass is 509 g/mol. The smallest absolute Gasteiger partial charge is 0.227 e. The summed E-state index contributed by atoms with van der Waals surface area (Å²) in [5.41, 5.74) is 1.87. The molecule has 0 unspecified atom stereocenters. The molecule has 156 valence electrons. The Balaban J connectivity index is 0.00000420. The van der Waals surface area contributed by atoms with E-state index in [4.69, 9.17) is 4.74 Å². The van der Waals surface area contributed by atoms with E-state index in [9.17, 15) is 4.79 Å². The SMILES string of the molecule is C=CCOc1ccccc1CNC(=NC)NCCC(=O)Nc1cccc(C)n1.I. The van der Waals surface area contributed by atoms with Crippen LogP contribution in [0.2, 0.25) is 0 Å². The van der Waals surface area contributed by atoms with Gasteiger partial charge in [0.25, 0.3) is 0 Å². The number of carbonyl (C=O) groups is 1. The van der Waals surface area contributed by atoms with Gasteiger partial charge in [0.05, 0.1) is 0 Å². The van der Waals surface area contributed by atoms with Gasteiger partial charge in [-0.1, -0.05) is 36.9 Å². The van der Waals surface area contributed by atoms with E-state index < -0.39 is 0 Å². The highest BCUT2D eigenvalue weighted by Crippen LogP contribution is 2.17. The Morgan fingerprint density at radius 2 is 2.00 bits per heavy atom. The molecule has 1 heterocycles. The van der Waals surface area contributed by atoms with Crippen molar-refractivity contribution >= 4 is 41.7 Å². The molecule has 0 radical (unpaired) electrons. The summed E-state index contributed by atoms with van der Waals surface area (Å²) in [6.45, 7) is 7.00. The average molecular weight is 509 g/mol. The van der Waals surface area contributed by atoms with Crippen molar-refractivity contribution in [3.05, 3.63) is 66.4 Å². The molecule has 0 bridgehead atoms. The van der Waals surface area contributed by atoms with Crippen LogP contribution in [-0.4, -0.2) is 37.1 Å². The molecule has 2 rings (SSSR count). The quantitative estimate of drug-likeness (QED) is 0.209. The number of para-hydroxylation sites is 1. The van der Waals surface area contributed by atoms with Gasteiger partial charge in [-0.25, -0.2) is 4.98 Å². The molecule has 8 heteroatoms. The number of amides is 1. The van der Waals surface area contributed by atoms with E-state index in [-0.39, 0.29) is 29.9 Å². The van der Waals surface area contributed by atoms with Gasteiger partial charge in [-0.15, -0.1) is 24.0 Å². The van der Waals surface area contributed by atoms with Crippen molar-refractivity contribution in [2.24, 2.45) is 4.99 Å². The van der Waals surface area contributed by atoms with Crippen LogP contribution >= 0.6 is 24.0 Å². The summed E-state index contributed by atoms with van der Waals surface area (Å²) in [5.74, 6) is 1.86. The molecular formula is C21H28IN5O2. The Bertz CT molecular complexity index is 826. The topological polar surface area (TPSA) is 87.6 Å². The zero-order chi connectivity index (χ0) is 20.2. The first-order chi connectivity index (χ1) is 13.6. The van der Waals surface area contributed by atoms with Crippen molar-refractivity contribution in [1.29, 1.82) is 0 Å². The standard InChI is InChI=1S/C21H27N5O2.HI/c1-4-14-28-18-10-6-5-9-17(18)15-24-21(22-3)23-13-12-20(27)26-19-11-7-8-16(2)25-19;/h4-11H,1,12-15H2,2-3H3,(H2,22,23,24)(H,25,26,27);1H. The molecule has 0 aliphatic heterocycles. The van der Waals surface area contributed by atoms with Gasteiger partial charge in [0.1, 0.15) is 18.2 Å². The van der Waals surface area contributed by atoms with Crippen molar-refractivity contribution in [2.45, 2.75) is 19.9 Å². The highest BCUT2D eigenvalue weighted by Gasteiger charge is 2.06. The predicted molar refractivity (Wildman–Crippen MR) is 128 cm³/mol. The largest absolute Gasteiger partial charge is 0.489 e.